The Labute approximate surface area is 147 Å². The molecular weight excluding hydrogens is 320 g/mol. The fraction of sp³-hybridized carbons (Fsp3) is 0.611. The Bertz CT molecular complexity index is 778. The first-order chi connectivity index (χ1) is 12.1. The molecular formula is C18H26N4O3. The summed E-state index contributed by atoms with van der Waals surface area (Å²) in [4.78, 5) is 19.0. The number of oxazole rings is 1. The van der Waals surface area contributed by atoms with Gasteiger partial charge in [-0.1, -0.05) is 12.1 Å². The Balaban J connectivity index is 1.39. The molecule has 0 amide bonds. The van der Waals surface area contributed by atoms with Crippen molar-refractivity contribution in [1.29, 1.82) is 0 Å². The first-order valence-electron chi connectivity index (χ1n) is 9.03. The molecule has 2 aromatic rings. The lowest BCUT2D eigenvalue weighted by Gasteiger charge is -2.37. The van der Waals surface area contributed by atoms with E-state index in [4.69, 9.17) is 4.42 Å². The van der Waals surface area contributed by atoms with Gasteiger partial charge in [-0.2, -0.15) is 0 Å². The molecule has 7 heteroatoms. The Hall–Kier alpha value is -1.67. The number of likely N-dealkylation sites (tertiary alicyclic amines) is 1. The lowest BCUT2D eigenvalue weighted by molar-refractivity contribution is 0.0512. The number of hydrogen-bond acceptors (Lipinski definition) is 6. The molecule has 2 fully saturated rings. The van der Waals surface area contributed by atoms with E-state index in [0.29, 0.717) is 18.7 Å². The number of piperazine rings is 1. The van der Waals surface area contributed by atoms with Crippen molar-refractivity contribution in [2.45, 2.75) is 18.7 Å². The van der Waals surface area contributed by atoms with Gasteiger partial charge in [-0.05, 0) is 19.2 Å². The summed E-state index contributed by atoms with van der Waals surface area (Å²) < 4.78 is 6.97. The van der Waals surface area contributed by atoms with Crippen LogP contribution in [0.15, 0.2) is 33.5 Å². The molecule has 0 saturated carbocycles. The fourth-order valence-electron chi connectivity index (χ4n) is 4.01. The van der Waals surface area contributed by atoms with Crippen LogP contribution in [0.4, 0.5) is 0 Å². The predicted octanol–water partition coefficient (Wildman–Crippen LogP) is -0.113. The van der Waals surface area contributed by atoms with Crippen molar-refractivity contribution in [3.05, 3.63) is 34.8 Å². The second-order valence-electron chi connectivity index (χ2n) is 7.22. The van der Waals surface area contributed by atoms with Gasteiger partial charge in [0, 0.05) is 58.4 Å². The molecule has 2 saturated heterocycles. The van der Waals surface area contributed by atoms with E-state index in [-0.39, 0.29) is 17.9 Å². The Morgan fingerprint density at radius 2 is 1.88 bits per heavy atom. The predicted molar refractivity (Wildman–Crippen MR) is 95.8 cm³/mol. The van der Waals surface area contributed by atoms with E-state index in [0.717, 1.165) is 44.8 Å². The number of fused-ring (bicyclic) bond motifs is 1. The van der Waals surface area contributed by atoms with Gasteiger partial charge >= 0.3 is 5.76 Å². The SMILES string of the molecule is CN1CCN([C@H]2CN(CCn3c(=O)oc4ccccc43)C[C@@H]2O)CC1. The average Bonchev–Trinajstić information content (AvgIpc) is 3.13. The van der Waals surface area contributed by atoms with Gasteiger partial charge in [0.15, 0.2) is 5.58 Å². The van der Waals surface area contributed by atoms with Gasteiger partial charge in [0.25, 0.3) is 0 Å². The van der Waals surface area contributed by atoms with E-state index in [1.165, 1.54) is 0 Å². The average molecular weight is 346 g/mol. The number of benzene rings is 1. The van der Waals surface area contributed by atoms with Crippen LogP contribution in [0.1, 0.15) is 0 Å². The number of aromatic nitrogens is 1. The first kappa shape index (κ1) is 16.8. The zero-order valence-corrected chi connectivity index (χ0v) is 14.7. The lowest BCUT2D eigenvalue weighted by atomic mass is 10.1. The first-order valence-corrected chi connectivity index (χ1v) is 9.03. The van der Waals surface area contributed by atoms with Crippen molar-refractivity contribution in [2.75, 3.05) is 52.9 Å². The van der Waals surface area contributed by atoms with Gasteiger partial charge in [0.05, 0.1) is 11.6 Å². The summed E-state index contributed by atoms with van der Waals surface area (Å²) in [6.07, 6.45) is -0.318. The summed E-state index contributed by atoms with van der Waals surface area (Å²) in [5.41, 5.74) is 1.46. The van der Waals surface area contributed by atoms with Crippen molar-refractivity contribution in [1.82, 2.24) is 19.3 Å². The van der Waals surface area contributed by atoms with E-state index < -0.39 is 0 Å². The van der Waals surface area contributed by atoms with E-state index in [9.17, 15) is 9.90 Å². The quantitative estimate of drug-likeness (QED) is 0.833. The third kappa shape index (κ3) is 3.37. The third-order valence-corrected chi connectivity index (χ3v) is 5.56. The van der Waals surface area contributed by atoms with Crippen LogP contribution in [0, 0.1) is 0 Å². The minimum atomic E-state index is -0.318. The van der Waals surface area contributed by atoms with Crippen LogP contribution in [0.2, 0.25) is 0 Å². The molecule has 1 aromatic heterocycles. The summed E-state index contributed by atoms with van der Waals surface area (Å²) in [5.74, 6) is -0.309. The molecule has 7 nitrogen and oxygen atoms in total. The summed E-state index contributed by atoms with van der Waals surface area (Å²) in [6.45, 7) is 6.98. The monoisotopic (exact) mass is 346 g/mol. The molecule has 2 atom stereocenters. The highest BCUT2D eigenvalue weighted by Gasteiger charge is 2.36. The molecule has 2 aliphatic rings. The summed E-state index contributed by atoms with van der Waals surface area (Å²) >= 11 is 0. The molecule has 4 rings (SSSR count). The van der Waals surface area contributed by atoms with Crippen LogP contribution in [0.5, 0.6) is 0 Å². The molecule has 1 aromatic carbocycles. The standard InChI is InChI=1S/C18H26N4O3/c1-19-6-9-21(10-7-19)15-12-20(13-16(15)23)8-11-22-14-4-2-3-5-17(14)25-18(22)24/h2-5,15-16,23H,6-13H2,1H3/t15-,16-/m0/s1. The van der Waals surface area contributed by atoms with Crippen LogP contribution in [-0.2, 0) is 6.54 Å². The fourth-order valence-corrected chi connectivity index (χ4v) is 4.01. The maximum Gasteiger partial charge on any atom is 0.419 e. The number of hydrogen-bond donors (Lipinski definition) is 1. The number of rotatable bonds is 4. The number of β-amino-alcohol motifs (C(OH)–C–C–N with tert-alkyl or cyclic N) is 1. The van der Waals surface area contributed by atoms with Crippen molar-refractivity contribution in [3.8, 4) is 0 Å². The lowest BCUT2D eigenvalue weighted by Crippen LogP contribution is -2.52. The van der Waals surface area contributed by atoms with Crippen LogP contribution >= 0.6 is 0 Å². The normalized spacial score (nSPS) is 26.6. The molecule has 0 radical (unpaired) electrons. The van der Waals surface area contributed by atoms with Crippen LogP contribution in [0.3, 0.4) is 0 Å². The second kappa shape index (κ2) is 6.92. The Kier molecular flexibility index (Phi) is 4.64. The van der Waals surface area contributed by atoms with Gasteiger partial charge in [-0.25, -0.2) is 4.79 Å². The molecule has 1 N–H and O–H groups in total. The Morgan fingerprint density at radius 1 is 1.12 bits per heavy atom. The van der Waals surface area contributed by atoms with Gasteiger partial charge in [0.1, 0.15) is 0 Å². The largest absolute Gasteiger partial charge is 0.419 e. The zero-order valence-electron chi connectivity index (χ0n) is 14.7. The Morgan fingerprint density at radius 3 is 2.68 bits per heavy atom. The van der Waals surface area contributed by atoms with Crippen molar-refractivity contribution < 1.29 is 9.52 Å². The summed E-state index contributed by atoms with van der Waals surface area (Å²) in [7, 11) is 2.14. The molecule has 0 unspecified atom stereocenters. The van der Waals surface area contributed by atoms with Crippen LogP contribution in [-0.4, -0.2) is 89.4 Å². The van der Waals surface area contributed by atoms with Crippen molar-refractivity contribution >= 4 is 11.1 Å². The molecule has 0 aliphatic carbocycles. The molecule has 0 spiro atoms. The highest BCUT2D eigenvalue weighted by Crippen LogP contribution is 2.18. The minimum Gasteiger partial charge on any atom is -0.408 e. The molecule has 2 aliphatic heterocycles. The van der Waals surface area contributed by atoms with Gasteiger partial charge in [0.2, 0.25) is 0 Å². The van der Waals surface area contributed by atoms with Gasteiger partial charge in [-0.3, -0.25) is 14.4 Å². The smallest absolute Gasteiger partial charge is 0.408 e. The third-order valence-electron chi connectivity index (χ3n) is 5.56. The summed E-state index contributed by atoms with van der Waals surface area (Å²) in [5, 5.41) is 10.5. The van der Waals surface area contributed by atoms with Crippen molar-refractivity contribution in [3.63, 3.8) is 0 Å². The molecule has 25 heavy (non-hydrogen) atoms. The van der Waals surface area contributed by atoms with E-state index in [1.54, 1.807) is 4.57 Å². The number of para-hydroxylation sites is 2. The zero-order chi connectivity index (χ0) is 17.4. The van der Waals surface area contributed by atoms with E-state index in [1.807, 2.05) is 24.3 Å². The highest BCUT2D eigenvalue weighted by atomic mass is 16.4. The van der Waals surface area contributed by atoms with Crippen LogP contribution in [0.25, 0.3) is 11.1 Å². The highest BCUT2D eigenvalue weighted by molar-refractivity contribution is 5.72. The van der Waals surface area contributed by atoms with E-state index >= 15 is 0 Å². The van der Waals surface area contributed by atoms with Gasteiger partial charge < -0.3 is 14.4 Å². The topological polar surface area (TPSA) is 65.1 Å². The maximum atomic E-state index is 12.1. The molecule has 136 valence electrons. The number of nitrogens with zero attached hydrogens (tertiary/aromatic N) is 4. The number of likely N-dealkylation sites (N-methyl/N-ethyl adjacent to an activating group) is 1. The second-order valence-corrected chi connectivity index (χ2v) is 7.22. The maximum absolute atomic E-state index is 12.1. The number of aliphatic hydroxyl groups is 1. The van der Waals surface area contributed by atoms with Crippen molar-refractivity contribution in [2.24, 2.45) is 0 Å². The summed E-state index contributed by atoms with van der Waals surface area (Å²) in [6, 6.07) is 7.71. The molecule has 0 bridgehead atoms. The van der Waals surface area contributed by atoms with E-state index in [2.05, 4.69) is 21.7 Å². The number of aliphatic hydroxyl groups excluding tert-OH is 1. The molecule has 3 heterocycles. The van der Waals surface area contributed by atoms with Crippen LogP contribution < -0.4 is 5.76 Å². The minimum absolute atomic E-state index is 0.200. The van der Waals surface area contributed by atoms with Gasteiger partial charge in [-0.15, -0.1) is 0 Å².